The van der Waals surface area contributed by atoms with E-state index in [9.17, 15) is 8.42 Å². The molecule has 102 valence electrons. The van der Waals surface area contributed by atoms with Crippen molar-refractivity contribution in [2.24, 2.45) is 0 Å². The molecule has 0 radical (unpaired) electrons. The van der Waals surface area contributed by atoms with Gasteiger partial charge >= 0.3 is 0 Å². The van der Waals surface area contributed by atoms with Gasteiger partial charge in [0.05, 0.1) is 10.7 Å². The molecule has 1 aliphatic heterocycles. The van der Waals surface area contributed by atoms with Gasteiger partial charge in [0.15, 0.2) is 4.21 Å². The molecule has 0 spiro atoms. The van der Waals surface area contributed by atoms with Crippen LogP contribution in [-0.4, -0.2) is 55.3 Å². The van der Waals surface area contributed by atoms with Gasteiger partial charge in [0.25, 0.3) is 10.0 Å². The fraction of sp³-hybridized carbons (Fsp3) is 0.727. The molecule has 1 aromatic heterocycles. The number of aryl methyl sites for hydroxylation is 2. The van der Waals surface area contributed by atoms with E-state index in [1.54, 1.807) is 11.2 Å². The molecule has 1 fully saturated rings. The molecular formula is C11H19N3O2S2. The van der Waals surface area contributed by atoms with Gasteiger partial charge in [0, 0.05) is 26.2 Å². The van der Waals surface area contributed by atoms with Crippen molar-refractivity contribution in [1.82, 2.24) is 14.2 Å². The maximum Gasteiger partial charge on any atom is 0.254 e. The van der Waals surface area contributed by atoms with Crippen molar-refractivity contribution in [3.05, 3.63) is 10.7 Å². The van der Waals surface area contributed by atoms with Crippen LogP contribution in [0.15, 0.2) is 4.21 Å². The summed E-state index contributed by atoms with van der Waals surface area (Å²) >= 11 is 1.27. The molecule has 2 heterocycles. The first-order valence-corrected chi connectivity index (χ1v) is 8.37. The first-order valence-electron chi connectivity index (χ1n) is 6.11. The highest BCUT2D eigenvalue weighted by Gasteiger charge is 2.31. The summed E-state index contributed by atoms with van der Waals surface area (Å²) in [6.45, 7) is 9.45. The van der Waals surface area contributed by atoms with Gasteiger partial charge in [0.1, 0.15) is 0 Å². The van der Waals surface area contributed by atoms with Crippen molar-refractivity contribution in [3.63, 3.8) is 0 Å². The predicted molar refractivity (Wildman–Crippen MR) is 72.5 cm³/mol. The van der Waals surface area contributed by atoms with E-state index < -0.39 is 10.0 Å². The van der Waals surface area contributed by atoms with Crippen LogP contribution in [-0.2, 0) is 10.0 Å². The third kappa shape index (κ3) is 2.59. The van der Waals surface area contributed by atoms with Crippen LogP contribution >= 0.6 is 11.3 Å². The Hall–Kier alpha value is -0.500. The van der Waals surface area contributed by atoms with E-state index in [2.05, 4.69) is 16.8 Å². The van der Waals surface area contributed by atoms with Gasteiger partial charge < -0.3 is 4.90 Å². The number of sulfonamides is 1. The highest BCUT2D eigenvalue weighted by Crippen LogP contribution is 2.26. The van der Waals surface area contributed by atoms with Gasteiger partial charge in [-0.05, 0) is 20.4 Å². The number of piperazine rings is 1. The second-order valence-electron chi connectivity index (χ2n) is 4.44. The monoisotopic (exact) mass is 289 g/mol. The molecule has 0 N–H and O–H groups in total. The lowest BCUT2D eigenvalue weighted by Gasteiger charge is -2.32. The normalized spacial score (nSPS) is 19.3. The first-order chi connectivity index (χ1) is 8.45. The summed E-state index contributed by atoms with van der Waals surface area (Å²) in [4.78, 5) is 6.47. The van der Waals surface area contributed by atoms with E-state index in [0.717, 1.165) is 24.6 Å². The number of nitrogens with zero attached hydrogens (tertiary/aromatic N) is 3. The zero-order valence-electron chi connectivity index (χ0n) is 11.0. The lowest BCUT2D eigenvalue weighted by atomic mass is 10.4. The van der Waals surface area contributed by atoms with E-state index in [0.29, 0.717) is 23.0 Å². The first kappa shape index (κ1) is 13.9. The summed E-state index contributed by atoms with van der Waals surface area (Å²) < 4.78 is 27.0. The number of hydrogen-bond acceptors (Lipinski definition) is 5. The third-order valence-electron chi connectivity index (χ3n) is 3.21. The lowest BCUT2D eigenvalue weighted by Crippen LogP contribution is -2.48. The Kier molecular flexibility index (Phi) is 4.05. The summed E-state index contributed by atoms with van der Waals surface area (Å²) in [5, 5.41) is 0.804. The molecule has 1 aliphatic rings. The van der Waals surface area contributed by atoms with Crippen molar-refractivity contribution >= 4 is 21.4 Å². The summed E-state index contributed by atoms with van der Waals surface area (Å²) in [7, 11) is -3.34. The van der Waals surface area contributed by atoms with Gasteiger partial charge in [-0.2, -0.15) is 4.31 Å². The fourth-order valence-electron chi connectivity index (χ4n) is 2.16. The van der Waals surface area contributed by atoms with Crippen molar-refractivity contribution in [1.29, 1.82) is 0 Å². The van der Waals surface area contributed by atoms with Gasteiger partial charge in [-0.15, -0.1) is 11.3 Å². The molecule has 1 aromatic rings. The van der Waals surface area contributed by atoms with Crippen LogP contribution in [0.2, 0.25) is 0 Å². The van der Waals surface area contributed by atoms with E-state index in [1.165, 1.54) is 11.3 Å². The van der Waals surface area contributed by atoms with E-state index in [-0.39, 0.29) is 0 Å². The fourth-order valence-corrected chi connectivity index (χ4v) is 5.20. The molecule has 0 aliphatic carbocycles. The standard InChI is InChI=1S/C11H19N3O2S2/c1-4-13-5-7-14(8-6-13)18(15,16)11-9(2)12-10(3)17-11/h4-8H2,1-3H3. The Balaban J connectivity index is 2.20. The largest absolute Gasteiger partial charge is 0.301 e. The highest BCUT2D eigenvalue weighted by molar-refractivity contribution is 7.91. The van der Waals surface area contributed by atoms with Crippen LogP contribution in [0.5, 0.6) is 0 Å². The minimum absolute atomic E-state index is 0.407. The predicted octanol–water partition coefficient (Wildman–Crippen LogP) is 1.09. The minimum atomic E-state index is -3.34. The molecule has 0 saturated carbocycles. The summed E-state index contributed by atoms with van der Waals surface area (Å²) in [6.07, 6.45) is 0. The minimum Gasteiger partial charge on any atom is -0.301 e. The van der Waals surface area contributed by atoms with E-state index in [4.69, 9.17) is 0 Å². The van der Waals surface area contributed by atoms with Crippen LogP contribution in [0, 0.1) is 13.8 Å². The third-order valence-corrected chi connectivity index (χ3v) is 6.77. The summed E-state index contributed by atoms with van der Waals surface area (Å²) in [6, 6.07) is 0. The quantitative estimate of drug-likeness (QED) is 0.836. The van der Waals surface area contributed by atoms with Gasteiger partial charge in [-0.3, -0.25) is 0 Å². The molecular weight excluding hydrogens is 270 g/mol. The zero-order valence-corrected chi connectivity index (χ0v) is 12.6. The van der Waals surface area contributed by atoms with Gasteiger partial charge in [-0.1, -0.05) is 6.92 Å². The van der Waals surface area contributed by atoms with Crippen LogP contribution in [0.25, 0.3) is 0 Å². The maximum atomic E-state index is 12.5. The molecule has 18 heavy (non-hydrogen) atoms. The average Bonchev–Trinajstić information content (AvgIpc) is 2.69. The van der Waals surface area contributed by atoms with Crippen molar-refractivity contribution in [2.75, 3.05) is 32.7 Å². The number of rotatable bonds is 3. The topological polar surface area (TPSA) is 53.5 Å². The smallest absolute Gasteiger partial charge is 0.254 e. The second-order valence-corrected chi connectivity index (χ2v) is 7.78. The SMILES string of the molecule is CCN1CCN(S(=O)(=O)c2sc(C)nc2C)CC1. The molecule has 0 bridgehead atoms. The van der Waals surface area contributed by atoms with E-state index >= 15 is 0 Å². The van der Waals surface area contributed by atoms with Gasteiger partial charge in [0.2, 0.25) is 0 Å². The Morgan fingerprint density at radius 1 is 1.22 bits per heavy atom. The number of thiazole rings is 1. The Bertz CT molecular complexity index is 516. The van der Waals surface area contributed by atoms with Gasteiger partial charge in [-0.25, -0.2) is 13.4 Å². The van der Waals surface area contributed by atoms with Crippen LogP contribution in [0.3, 0.4) is 0 Å². The molecule has 1 saturated heterocycles. The molecule has 0 aromatic carbocycles. The highest BCUT2D eigenvalue weighted by atomic mass is 32.2. The average molecular weight is 289 g/mol. The summed E-state index contributed by atoms with van der Waals surface area (Å²) in [5.74, 6) is 0. The molecule has 5 nitrogen and oxygen atoms in total. The molecule has 0 amide bonds. The van der Waals surface area contributed by atoms with Crippen LogP contribution < -0.4 is 0 Å². The Labute approximate surface area is 112 Å². The molecule has 2 rings (SSSR count). The number of aromatic nitrogens is 1. The summed E-state index contributed by atoms with van der Waals surface area (Å²) in [5.41, 5.74) is 0.621. The lowest BCUT2D eigenvalue weighted by molar-refractivity contribution is 0.196. The zero-order chi connectivity index (χ0) is 13.3. The second kappa shape index (κ2) is 5.24. The number of hydrogen-bond donors (Lipinski definition) is 0. The van der Waals surface area contributed by atoms with Crippen LogP contribution in [0.4, 0.5) is 0 Å². The molecule has 0 unspecified atom stereocenters. The maximum absolute atomic E-state index is 12.5. The van der Waals surface area contributed by atoms with E-state index in [1.807, 2.05) is 6.92 Å². The van der Waals surface area contributed by atoms with Crippen molar-refractivity contribution < 1.29 is 8.42 Å². The number of likely N-dealkylation sites (N-methyl/N-ethyl adjacent to an activating group) is 1. The van der Waals surface area contributed by atoms with Crippen molar-refractivity contribution in [2.45, 2.75) is 25.0 Å². The van der Waals surface area contributed by atoms with Crippen molar-refractivity contribution in [3.8, 4) is 0 Å². The molecule has 7 heteroatoms. The Morgan fingerprint density at radius 3 is 2.28 bits per heavy atom. The van der Waals surface area contributed by atoms with Crippen LogP contribution in [0.1, 0.15) is 17.6 Å². The molecule has 0 atom stereocenters. The Morgan fingerprint density at radius 2 is 1.83 bits per heavy atom.